The lowest BCUT2D eigenvalue weighted by atomic mass is 9.63. The number of hydrogen-bond acceptors (Lipinski definition) is 6. The van der Waals surface area contributed by atoms with E-state index in [0.29, 0.717) is 34.5 Å². The Kier molecular flexibility index (Phi) is 4.57. The Morgan fingerprint density at radius 1 is 0.846 bits per heavy atom. The summed E-state index contributed by atoms with van der Waals surface area (Å²) in [7, 11) is 0. The van der Waals surface area contributed by atoms with Gasteiger partial charge < -0.3 is 4.74 Å². The van der Waals surface area contributed by atoms with E-state index in [2.05, 4.69) is 22.3 Å². The summed E-state index contributed by atoms with van der Waals surface area (Å²) in [6, 6.07) is 19.5. The maximum absolute atomic E-state index is 13.4. The number of fused-ring (bicyclic) bond motifs is 1. The van der Waals surface area contributed by atoms with Crippen LogP contribution in [0.25, 0.3) is 16.7 Å². The van der Waals surface area contributed by atoms with Crippen molar-refractivity contribution in [2.24, 2.45) is 35.5 Å². The van der Waals surface area contributed by atoms with Crippen LogP contribution in [0.2, 0.25) is 0 Å². The summed E-state index contributed by atoms with van der Waals surface area (Å²) in [5, 5.41) is 9.06. The molecule has 2 heterocycles. The minimum atomic E-state index is -0.557. The second-order valence-electron chi connectivity index (χ2n) is 11.1. The first-order chi connectivity index (χ1) is 19.0. The van der Waals surface area contributed by atoms with Crippen LogP contribution in [0.1, 0.15) is 22.3 Å². The quantitative estimate of drug-likeness (QED) is 0.172. The van der Waals surface area contributed by atoms with Crippen molar-refractivity contribution in [3.63, 3.8) is 0 Å². The first kappa shape index (κ1) is 22.4. The molecule has 0 N–H and O–H groups in total. The summed E-state index contributed by atoms with van der Waals surface area (Å²) < 4.78 is 5.78. The van der Waals surface area contributed by atoms with E-state index in [0.717, 1.165) is 23.0 Å². The van der Waals surface area contributed by atoms with Gasteiger partial charge in [-0.3, -0.25) is 14.5 Å². The van der Waals surface area contributed by atoms with Gasteiger partial charge in [0.2, 0.25) is 11.8 Å². The zero-order chi connectivity index (χ0) is 26.4. The molecule has 1 saturated heterocycles. The summed E-state index contributed by atoms with van der Waals surface area (Å²) in [6.07, 6.45) is 5.45. The van der Waals surface area contributed by atoms with Crippen molar-refractivity contribution < 1.29 is 19.1 Å². The van der Waals surface area contributed by atoms with Crippen molar-refractivity contribution in [1.29, 1.82) is 0 Å². The second-order valence-corrected chi connectivity index (χ2v) is 11.1. The van der Waals surface area contributed by atoms with Crippen molar-refractivity contribution in [2.45, 2.75) is 13.3 Å². The summed E-state index contributed by atoms with van der Waals surface area (Å²) in [5.41, 5.74) is 3.79. The molecule has 3 fully saturated rings. The number of nitrogens with zero attached hydrogens (tertiary/aromatic N) is 4. The average molecular weight is 517 g/mol. The molecule has 6 atom stereocenters. The van der Waals surface area contributed by atoms with Crippen LogP contribution < -0.4 is 9.64 Å². The van der Waals surface area contributed by atoms with Crippen molar-refractivity contribution in [3.05, 3.63) is 90.0 Å². The molecule has 9 rings (SSSR count). The molecule has 8 heteroatoms. The zero-order valence-corrected chi connectivity index (χ0v) is 21.1. The second kappa shape index (κ2) is 7.96. The van der Waals surface area contributed by atoms with Crippen LogP contribution in [0, 0.1) is 42.4 Å². The minimum Gasteiger partial charge on any atom is -0.421 e. The standard InChI is InChI=1S/C31H24N4O4/c1-16-6-13-26(25(14-16)35-32-23-4-2-3-5-24(23)33-35)39-31(38)17-7-9-18(10-8-17)34-29(36)27-19-11-12-20(22-15-21(19)22)28(27)30(34)37/h2-14,19-22,27-28H,15H2,1H3/t19-,20-,21-,22-,27-,28+/m1/s1. The van der Waals surface area contributed by atoms with Crippen molar-refractivity contribution in [2.75, 3.05) is 4.90 Å². The van der Waals surface area contributed by atoms with Gasteiger partial charge in [0, 0.05) is 0 Å². The third-order valence-corrected chi connectivity index (χ3v) is 8.84. The minimum absolute atomic E-state index is 0.117. The van der Waals surface area contributed by atoms with Gasteiger partial charge in [0.25, 0.3) is 0 Å². The Morgan fingerprint density at radius 3 is 2.08 bits per heavy atom. The largest absolute Gasteiger partial charge is 0.421 e. The number of aryl methyl sites for hydroxylation is 1. The lowest BCUT2D eigenvalue weighted by molar-refractivity contribution is -0.124. The topological polar surface area (TPSA) is 94.4 Å². The molecule has 0 radical (unpaired) electrons. The number of benzene rings is 3. The molecule has 8 nitrogen and oxygen atoms in total. The molecule has 4 aliphatic carbocycles. The monoisotopic (exact) mass is 516 g/mol. The van der Waals surface area contributed by atoms with Gasteiger partial charge in [0.05, 0.1) is 23.1 Å². The Hall–Kier alpha value is -4.59. The number of amides is 2. The normalized spacial score (nSPS) is 28.1. The molecular weight excluding hydrogens is 492 g/mol. The fourth-order valence-electron chi connectivity index (χ4n) is 6.95. The average Bonchev–Trinajstić information content (AvgIpc) is 3.60. The highest BCUT2D eigenvalue weighted by Crippen LogP contribution is 2.65. The lowest BCUT2D eigenvalue weighted by Crippen LogP contribution is -2.40. The molecule has 2 saturated carbocycles. The van der Waals surface area contributed by atoms with Gasteiger partial charge in [-0.05, 0) is 91.1 Å². The molecule has 39 heavy (non-hydrogen) atoms. The maximum atomic E-state index is 13.4. The number of carbonyl (C=O) groups excluding carboxylic acids is 3. The van der Waals surface area contributed by atoms with E-state index in [4.69, 9.17) is 4.74 Å². The third kappa shape index (κ3) is 3.27. The summed E-state index contributed by atoms with van der Waals surface area (Å²) >= 11 is 0. The molecule has 0 spiro atoms. The van der Waals surface area contributed by atoms with Crippen LogP contribution in [0.5, 0.6) is 5.75 Å². The van der Waals surface area contributed by atoms with Crippen LogP contribution in [-0.2, 0) is 9.59 Å². The molecule has 192 valence electrons. The maximum Gasteiger partial charge on any atom is 0.343 e. The number of ether oxygens (including phenoxy) is 1. The van der Waals surface area contributed by atoms with E-state index < -0.39 is 5.97 Å². The predicted molar refractivity (Wildman–Crippen MR) is 142 cm³/mol. The van der Waals surface area contributed by atoms with Gasteiger partial charge in [-0.1, -0.05) is 30.4 Å². The Bertz CT molecular complexity index is 1670. The molecule has 4 aromatic rings. The highest BCUT2D eigenvalue weighted by atomic mass is 16.5. The van der Waals surface area contributed by atoms with Crippen LogP contribution >= 0.6 is 0 Å². The SMILES string of the molecule is Cc1ccc(OC(=O)c2ccc(N3C(=O)[C@@H]4[C@@H]5C=C[C@H]([C@H]6C[C@H]56)[C@@H]4C3=O)cc2)c(-n2nc3ccccc3n2)c1. The van der Waals surface area contributed by atoms with Gasteiger partial charge in [-0.2, -0.15) is 0 Å². The van der Waals surface area contributed by atoms with E-state index in [-0.39, 0.29) is 35.5 Å². The van der Waals surface area contributed by atoms with Gasteiger partial charge in [-0.25, -0.2) is 4.79 Å². The van der Waals surface area contributed by atoms with E-state index in [1.165, 1.54) is 9.70 Å². The molecule has 1 aliphatic heterocycles. The molecule has 1 aromatic heterocycles. The molecule has 5 aliphatic rings. The predicted octanol–water partition coefficient (Wildman–Crippen LogP) is 4.51. The zero-order valence-electron chi connectivity index (χ0n) is 21.1. The van der Waals surface area contributed by atoms with Crippen LogP contribution in [-0.4, -0.2) is 32.8 Å². The Morgan fingerprint density at radius 2 is 1.46 bits per heavy atom. The molecular formula is C31H24N4O4. The molecule has 2 bridgehead atoms. The van der Waals surface area contributed by atoms with Crippen LogP contribution in [0.15, 0.2) is 78.9 Å². The third-order valence-electron chi connectivity index (χ3n) is 8.84. The number of aromatic nitrogens is 3. The van der Waals surface area contributed by atoms with E-state index in [1.54, 1.807) is 30.3 Å². The van der Waals surface area contributed by atoms with Gasteiger partial charge in [0.15, 0.2) is 5.75 Å². The first-order valence-electron chi connectivity index (χ1n) is 13.3. The Labute approximate surface area is 223 Å². The lowest BCUT2D eigenvalue weighted by Gasteiger charge is -2.37. The number of allylic oxidation sites excluding steroid dienone is 2. The molecule has 2 amide bonds. The van der Waals surface area contributed by atoms with Gasteiger partial charge in [-0.15, -0.1) is 15.0 Å². The van der Waals surface area contributed by atoms with Crippen molar-refractivity contribution in [3.8, 4) is 11.4 Å². The molecule has 3 aromatic carbocycles. The Balaban J connectivity index is 1.05. The fourth-order valence-corrected chi connectivity index (χ4v) is 6.95. The van der Waals surface area contributed by atoms with E-state index in [9.17, 15) is 14.4 Å². The number of hydrogen-bond donors (Lipinski definition) is 0. The highest BCUT2D eigenvalue weighted by molar-refractivity contribution is 6.22. The highest BCUT2D eigenvalue weighted by Gasteiger charge is 2.67. The smallest absolute Gasteiger partial charge is 0.343 e. The number of imide groups is 1. The summed E-state index contributed by atoms with van der Waals surface area (Å²) in [6.45, 7) is 1.94. The number of rotatable bonds is 4. The number of carbonyl (C=O) groups is 3. The van der Waals surface area contributed by atoms with Crippen molar-refractivity contribution >= 4 is 34.5 Å². The first-order valence-corrected chi connectivity index (χ1v) is 13.3. The van der Waals surface area contributed by atoms with Gasteiger partial charge in [0.1, 0.15) is 16.7 Å². The number of anilines is 1. The van der Waals surface area contributed by atoms with Crippen LogP contribution in [0.4, 0.5) is 5.69 Å². The van der Waals surface area contributed by atoms with E-state index >= 15 is 0 Å². The summed E-state index contributed by atoms with van der Waals surface area (Å²) in [5.74, 6) is 0.472. The molecule has 0 unspecified atom stereocenters. The van der Waals surface area contributed by atoms with E-state index in [1.807, 2.05) is 43.3 Å². The number of esters is 1. The van der Waals surface area contributed by atoms with Crippen molar-refractivity contribution in [1.82, 2.24) is 15.0 Å². The van der Waals surface area contributed by atoms with Gasteiger partial charge >= 0.3 is 5.97 Å². The van der Waals surface area contributed by atoms with Crippen LogP contribution in [0.3, 0.4) is 0 Å². The fraction of sp³-hybridized carbons (Fsp3) is 0.258. The summed E-state index contributed by atoms with van der Waals surface area (Å²) in [4.78, 5) is 42.7.